The Kier molecular flexibility index (Phi) is 10.1. The first-order valence-electron chi connectivity index (χ1n) is 15.4. The van der Waals surface area contributed by atoms with Crippen molar-refractivity contribution in [3.63, 3.8) is 0 Å². The topological polar surface area (TPSA) is 0 Å². The van der Waals surface area contributed by atoms with Crippen LogP contribution in [0.2, 0.25) is 0 Å². The van der Waals surface area contributed by atoms with Crippen molar-refractivity contribution in [2.75, 3.05) is 0 Å². The van der Waals surface area contributed by atoms with Gasteiger partial charge in [0.25, 0.3) is 0 Å². The highest BCUT2D eigenvalue weighted by Gasteiger charge is 2.46. The third-order valence-electron chi connectivity index (χ3n) is 11.2. The second-order valence-electron chi connectivity index (χ2n) is 13.1. The summed E-state index contributed by atoms with van der Waals surface area (Å²) in [5, 5.41) is 0. The van der Waals surface area contributed by atoms with Gasteiger partial charge in [0.2, 0.25) is 0 Å². The zero-order valence-electron chi connectivity index (χ0n) is 22.2. The summed E-state index contributed by atoms with van der Waals surface area (Å²) >= 11 is 0. The first kappa shape index (κ1) is 26.8. The molecule has 7 atom stereocenters. The lowest BCUT2D eigenvalue weighted by molar-refractivity contribution is -0.0371. The molecule has 4 fully saturated rings. The molecule has 0 aliphatic heterocycles. The molecule has 0 saturated heterocycles. The Labute approximate surface area is 208 Å². The average Bonchev–Trinajstić information content (AvgIpc) is 2.86. The van der Waals surface area contributed by atoms with Gasteiger partial charge in [0.15, 0.2) is 0 Å². The Balaban J connectivity index is 1.17. The van der Waals surface area contributed by atoms with Gasteiger partial charge in [0.05, 0.1) is 0 Å². The fraction of sp³-hybridized carbons (Fsp3) is 1.00. The van der Waals surface area contributed by atoms with Crippen molar-refractivity contribution < 1.29 is 13.2 Å². The van der Waals surface area contributed by atoms with Crippen LogP contribution in [-0.4, -0.2) is 18.5 Å². The van der Waals surface area contributed by atoms with Crippen molar-refractivity contribution in [3.05, 3.63) is 0 Å². The van der Waals surface area contributed by atoms with Crippen LogP contribution in [-0.2, 0) is 0 Å². The van der Waals surface area contributed by atoms with Crippen LogP contribution in [0.25, 0.3) is 0 Å². The standard InChI is InChI=1S/C31H53F3/c1-3-5-23-11-17-26(29(32)20-23)16-10-22-8-14-25(15-9-22)28-19-18-27(30(33)31(28)34)24-12-6-21(4-2)7-13-24/h21-31H,3-20H2,1-2H3. The highest BCUT2D eigenvalue weighted by atomic mass is 19.2. The fourth-order valence-electron chi connectivity index (χ4n) is 8.80. The molecule has 0 aromatic rings. The van der Waals surface area contributed by atoms with Gasteiger partial charge in [-0.25, -0.2) is 13.2 Å². The minimum Gasteiger partial charge on any atom is -0.247 e. The summed E-state index contributed by atoms with van der Waals surface area (Å²) in [6.07, 6.45) is 16.7. The summed E-state index contributed by atoms with van der Waals surface area (Å²) in [5.74, 6) is 3.10. The third kappa shape index (κ3) is 6.56. The van der Waals surface area contributed by atoms with E-state index in [-0.39, 0.29) is 17.8 Å². The van der Waals surface area contributed by atoms with Crippen LogP contribution >= 0.6 is 0 Å². The van der Waals surface area contributed by atoms with Gasteiger partial charge < -0.3 is 0 Å². The van der Waals surface area contributed by atoms with E-state index in [1.54, 1.807) is 0 Å². The highest BCUT2D eigenvalue weighted by molar-refractivity contribution is 4.95. The van der Waals surface area contributed by atoms with E-state index >= 15 is 8.78 Å². The summed E-state index contributed by atoms with van der Waals surface area (Å²) in [6.45, 7) is 4.47. The smallest absolute Gasteiger partial charge is 0.134 e. The lowest BCUT2D eigenvalue weighted by Crippen LogP contribution is -2.45. The lowest BCUT2D eigenvalue weighted by atomic mass is 9.63. The Morgan fingerprint density at radius 2 is 1.06 bits per heavy atom. The van der Waals surface area contributed by atoms with Gasteiger partial charge in [-0.1, -0.05) is 65.2 Å². The van der Waals surface area contributed by atoms with E-state index in [2.05, 4.69) is 13.8 Å². The van der Waals surface area contributed by atoms with Gasteiger partial charge in [0, 0.05) is 0 Å². The zero-order chi connectivity index (χ0) is 24.1. The molecule has 4 aliphatic carbocycles. The van der Waals surface area contributed by atoms with Crippen LogP contribution < -0.4 is 0 Å². The van der Waals surface area contributed by atoms with E-state index < -0.39 is 18.5 Å². The Bertz CT molecular complexity index is 577. The predicted octanol–water partition coefficient (Wildman–Crippen LogP) is 10.0. The van der Waals surface area contributed by atoms with E-state index in [4.69, 9.17) is 0 Å². The molecule has 0 aromatic carbocycles. The van der Waals surface area contributed by atoms with Crippen LogP contribution in [0.3, 0.4) is 0 Å². The summed E-state index contributed by atoms with van der Waals surface area (Å²) in [7, 11) is 0. The Hall–Kier alpha value is -0.210. The molecule has 3 heteroatoms. The highest BCUT2D eigenvalue weighted by Crippen LogP contribution is 2.49. The second kappa shape index (κ2) is 12.8. The van der Waals surface area contributed by atoms with E-state index in [1.807, 2.05) is 0 Å². The maximum Gasteiger partial charge on any atom is 0.134 e. The van der Waals surface area contributed by atoms with Gasteiger partial charge in [-0.3, -0.25) is 0 Å². The average molecular weight is 483 g/mol. The minimum absolute atomic E-state index is 0.0264. The van der Waals surface area contributed by atoms with Gasteiger partial charge in [0.1, 0.15) is 18.5 Å². The number of hydrogen-bond acceptors (Lipinski definition) is 0. The van der Waals surface area contributed by atoms with E-state index in [0.29, 0.717) is 23.7 Å². The summed E-state index contributed by atoms with van der Waals surface area (Å²) in [6, 6.07) is 0. The Morgan fingerprint density at radius 3 is 1.56 bits per heavy atom. The van der Waals surface area contributed by atoms with Crippen molar-refractivity contribution in [1.29, 1.82) is 0 Å². The van der Waals surface area contributed by atoms with Crippen LogP contribution in [0.1, 0.15) is 129 Å². The maximum atomic E-state index is 15.4. The van der Waals surface area contributed by atoms with Crippen LogP contribution in [0, 0.1) is 47.3 Å². The molecule has 4 rings (SSSR count). The summed E-state index contributed by atoms with van der Waals surface area (Å²) < 4.78 is 45.4. The Morgan fingerprint density at radius 1 is 0.529 bits per heavy atom. The van der Waals surface area contributed by atoms with Crippen molar-refractivity contribution in [3.8, 4) is 0 Å². The molecule has 0 N–H and O–H groups in total. The first-order chi connectivity index (χ1) is 16.5. The summed E-state index contributed by atoms with van der Waals surface area (Å²) in [4.78, 5) is 0. The SMILES string of the molecule is CCCC1CCC(CCC2CCC(C3CCC(C4CCC(CC)CC4)C(F)C3F)CC2)C(F)C1. The van der Waals surface area contributed by atoms with Gasteiger partial charge in [-0.15, -0.1) is 0 Å². The van der Waals surface area contributed by atoms with Gasteiger partial charge in [-0.05, 0) is 112 Å². The van der Waals surface area contributed by atoms with Crippen molar-refractivity contribution in [2.45, 2.75) is 148 Å². The minimum atomic E-state index is -1.24. The number of halogens is 3. The van der Waals surface area contributed by atoms with Crippen molar-refractivity contribution in [2.24, 2.45) is 47.3 Å². The van der Waals surface area contributed by atoms with Crippen molar-refractivity contribution in [1.82, 2.24) is 0 Å². The predicted molar refractivity (Wildman–Crippen MR) is 137 cm³/mol. The quantitative estimate of drug-likeness (QED) is 0.323. The largest absolute Gasteiger partial charge is 0.247 e. The molecule has 7 unspecified atom stereocenters. The molecule has 34 heavy (non-hydrogen) atoms. The molecule has 0 radical (unpaired) electrons. The molecule has 4 saturated carbocycles. The molecule has 0 spiro atoms. The second-order valence-corrected chi connectivity index (χ2v) is 13.1. The molecule has 0 amide bonds. The number of alkyl halides is 3. The number of rotatable bonds is 8. The molecular weight excluding hydrogens is 429 g/mol. The normalized spacial score (nSPS) is 46.3. The van der Waals surface area contributed by atoms with Crippen LogP contribution in [0.5, 0.6) is 0 Å². The molecule has 0 nitrogen and oxygen atoms in total. The van der Waals surface area contributed by atoms with Gasteiger partial charge in [-0.2, -0.15) is 0 Å². The third-order valence-corrected chi connectivity index (χ3v) is 11.2. The summed E-state index contributed by atoms with van der Waals surface area (Å²) in [5.41, 5.74) is 0. The molecule has 0 bridgehead atoms. The van der Waals surface area contributed by atoms with E-state index in [1.165, 1.54) is 38.5 Å². The zero-order valence-corrected chi connectivity index (χ0v) is 22.2. The molecule has 0 heterocycles. The van der Waals surface area contributed by atoms with Crippen molar-refractivity contribution >= 4 is 0 Å². The molecular formula is C31H53F3. The molecule has 198 valence electrons. The van der Waals surface area contributed by atoms with Crippen LogP contribution in [0.4, 0.5) is 13.2 Å². The first-order valence-corrected chi connectivity index (χ1v) is 15.4. The number of hydrogen-bond donors (Lipinski definition) is 0. The monoisotopic (exact) mass is 482 g/mol. The maximum absolute atomic E-state index is 15.4. The molecule has 0 aromatic heterocycles. The lowest BCUT2D eigenvalue weighted by Gasteiger charge is -2.44. The van der Waals surface area contributed by atoms with E-state index in [0.717, 1.165) is 83.0 Å². The van der Waals surface area contributed by atoms with Gasteiger partial charge >= 0.3 is 0 Å². The fourth-order valence-corrected chi connectivity index (χ4v) is 8.80. The molecule has 4 aliphatic rings. The van der Waals surface area contributed by atoms with Crippen LogP contribution in [0.15, 0.2) is 0 Å². The van der Waals surface area contributed by atoms with E-state index in [9.17, 15) is 4.39 Å².